The van der Waals surface area contributed by atoms with Crippen molar-refractivity contribution < 1.29 is 9.47 Å². The first-order valence-electron chi connectivity index (χ1n) is 6.29. The first-order valence-corrected chi connectivity index (χ1v) is 8.60. The summed E-state index contributed by atoms with van der Waals surface area (Å²) >= 11 is 5.79. The zero-order valence-corrected chi connectivity index (χ0v) is 14.9. The maximum absolute atomic E-state index is 6.01. The molecule has 0 fully saturated rings. The summed E-state index contributed by atoms with van der Waals surface area (Å²) in [6.45, 7) is 0.618. The highest BCUT2D eigenvalue weighted by molar-refractivity contribution is 14.1. The third-order valence-corrected chi connectivity index (χ3v) is 4.32. The highest BCUT2D eigenvalue weighted by Gasteiger charge is 2.10. The molecule has 4 heteroatoms. The van der Waals surface area contributed by atoms with Crippen molar-refractivity contribution in [1.82, 2.24) is 0 Å². The summed E-state index contributed by atoms with van der Waals surface area (Å²) in [7, 11) is 1.68. The predicted molar refractivity (Wildman–Crippen MR) is 93.6 cm³/mol. The molecule has 1 unspecified atom stereocenters. The molecule has 2 aromatic rings. The molecule has 0 aliphatic heterocycles. The van der Waals surface area contributed by atoms with Crippen LogP contribution in [0.3, 0.4) is 0 Å². The van der Waals surface area contributed by atoms with E-state index in [1.54, 1.807) is 7.11 Å². The van der Waals surface area contributed by atoms with Gasteiger partial charge in [0.2, 0.25) is 0 Å². The van der Waals surface area contributed by atoms with Gasteiger partial charge in [0, 0.05) is 8.90 Å². The van der Waals surface area contributed by atoms with Crippen molar-refractivity contribution >= 4 is 38.5 Å². The fourth-order valence-electron chi connectivity index (χ4n) is 1.83. The number of hydrogen-bond donors (Lipinski definition) is 0. The van der Waals surface area contributed by atoms with Crippen LogP contribution in [0.1, 0.15) is 17.2 Å². The average Bonchev–Trinajstić information content (AvgIpc) is 2.50. The van der Waals surface area contributed by atoms with E-state index < -0.39 is 0 Å². The summed E-state index contributed by atoms with van der Waals surface area (Å²) < 4.78 is 13.2. The van der Waals surface area contributed by atoms with E-state index in [9.17, 15) is 0 Å². The average molecular weight is 447 g/mol. The molecular weight excluding hydrogens is 431 g/mol. The van der Waals surface area contributed by atoms with Gasteiger partial charge in [-0.3, -0.25) is 0 Å². The van der Waals surface area contributed by atoms with Crippen molar-refractivity contribution in [2.75, 3.05) is 11.5 Å². The largest absolute Gasteiger partial charge is 0.497 e. The topological polar surface area (TPSA) is 18.5 Å². The van der Waals surface area contributed by atoms with E-state index in [-0.39, 0.29) is 6.10 Å². The third kappa shape index (κ3) is 4.46. The summed E-state index contributed by atoms with van der Waals surface area (Å²) in [5, 5.41) is 0. The Morgan fingerprint density at radius 3 is 2.25 bits per heavy atom. The molecule has 0 aromatic heterocycles. The minimum absolute atomic E-state index is 0.102. The highest BCUT2D eigenvalue weighted by atomic mass is 127. The van der Waals surface area contributed by atoms with Crippen molar-refractivity contribution in [3.8, 4) is 5.75 Å². The Balaban J connectivity index is 1.99. The molecule has 0 amide bonds. The minimum atomic E-state index is 0.102. The summed E-state index contributed by atoms with van der Waals surface area (Å²) in [6, 6.07) is 16.3. The second-order valence-corrected chi connectivity index (χ2v) is 6.15. The number of halogens is 2. The summed E-state index contributed by atoms with van der Waals surface area (Å²) in [6.07, 6.45) is 0.102. The maximum atomic E-state index is 6.01. The summed E-state index contributed by atoms with van der Waals surface area (Å²) in [5.41, 5.74) is 2.36. The van der Waals surface area contributed by atoms with Crippen LogP contribution in [0.4, 0.5) is 0 Å². The maximum Gasteiger partial charge on any atom is 0.118 e. The summed E-state index contributed by atoms with van der Waals surface area (Å²) in [4.78, 5) is 0. The highest BCUT2D eigenvalue weighted by Crippen LogP contribution is 2.24. The molecule has 0 aliphatic rings. The van der Waals surface area contributed by atoms with Gasteiger partial charge in [-0.25, -0.2) is 0 Å². The van der Waals surface area contributed by atoms with E-state index in [0.717, 1.165) is 14.6 Å². The molecule has 106 valence electrons. The Labute approximate surface area is 141 Å². The first kappa shape index (κ1) is 15.8. The van der Waals surface area contributed by atoms with E-state index in [1.165, 1.54) is 11.1 Å². The summed E-state index contributed by atoms with van der Waals surface area (Å²) in [5.74, 6) is 0.869. The van der Waals surface area contributed by atoms with Crippen LogP contribution in [0.5, 0.6) is 5.75 Å². The molecule has 1 atom stereocenters. The van der Waals surface area contributed by atoms with Gasteiger partial charge in [-0.1, -0.05) is 62.8 Å². The molecule has 0 spiro atoms. The van der Waals surface area contributed by atoms with Gasteiger partial charge in [-0.05, 0) is 35.4 Å². The fourth-order valence-corrected chi connectivity index (χ4v) is 2.85. The number of benzene rings is 2. The first-order chi connectivity index (χ1) is 9.72. The van der Waals surface area contributed by atoms with Crippen molar-refractivity contribution in [3.05, 3.63) is 64.1 Å². The van der Waals surface area contributed by atoms with E-state index >= 15 is 0 Å². The standard InChI is InChI=1S/C16H16BrIO2/c1-19-15-8-4-13(5-9-15)16(10-18)20-11-12-2-6-14(17)7-3-12/h2-9,16H,10-11H2,1H3. The molecule has 0 saturated carbocycles. The van der Waals surface area contributed by atoms with E-state index in [4.69, 9.17) is 9.47 Å². The molecule has 2 rings (SSSR count). The van der Waals surface area contributed by atoms with Crippen LogP contribution in [0.25, 0.3) is 0 Å². The quantitative estimate of drug-likeness (QED) is 0.451. The van der Waals surface area contributed by atoms with Crippen LogP contribution in [-0.2, 0) is 11.3 Å². The van der Waals surface area contributed by atoms with Crippen LogP contribution in [0.2, 0.25) is 0 Å². The van der Waals surface area contributed by atoms with E-state index in [0.29, 0.717) is 6.61 Å². The van der Waals surface area contributed by atoms with E-state index in [1.807, 2.05) is 24.3 Å². The molecule has 0 radical (unpaired) electrons. The number of ether oxygens (including phenoxy) is 2. The smallest absolute Gasteiger partial charge is 0.118 e. The Morgan fingerprint density at radius 1 is 1.05 bits per heavy atom. The van der Waals surface area contributed by atoms with Crippen molar-refractivity contribution in [3.63, 3.8) is 0 Å². The minimum Gasteiger partial charge on any atom is -0.497 e. The molecule has 0 saturated heterocycles. The molecular formula is C16H16BrIO2. The van der Waals surface area contributed by atoms with Gasteiger partial charge < -0.3 is 9.47 Å². The molecule has 0 N–H and O–H groups in total. The molecule has 2 nitrogen and oxygen atoms in total. The van der Waals surface area contributed by atoms with Crippen molar-refractivity contribution in [2.45, 2.75) is 12.7 Å². The van der Waals surface area contributed by atoms with Crippen LogP contribution < -0.4 is 4.74 Å². The Hall–Kier alpha value is -0.590. The fraction of sp³-hybridized carbons (Fsp3) is 0.250. The molecule has 20 heavy (non-hydrogen) atoms. The number of rotatable bonds is 6. The van der Waals surface area contributed by atoms with Gasteiger partial charge >= 0.3 is 0 Å². The lowest BCUT2D eigenvalue weighted by molar-refractivity contribution is 0.0577. The van der Waals surface area contributed by atoms with Crippen molar-refractivity contribution in [1.29, 1.82) is 0 Å². The second kappa shape index (κ2) is 8.00. The molecule has 0 aliphatic carbocycles. The second-order valence-electron chi connectivity index (χ2n) is 4.35. The Kier molecular flexibility index (Phi) is 6.32. The van der Waals surface area contributed by atoms with Gasteiger partial charge in [0.1, 0.15) is 5.75 Å². The third-order valence-electron chi connectivity index (χ3n) is 2.99. The van der Waals surface area contributed by atoms with Crippen LogP contribution in [0, 0.1) is 0 Å². The molecule has 2 aromatic carbocycles. The zero-order chi connectivity index (χ0) is 14.4. The predicted octanol–water partition coefficient (Wildman–Crippen LogP) is 5.15. The van der Waals surface area contributed by atoms with Crippen molar-refractivity contribution in [2.24, 2.45) is 0 Å². The lowest BCUT2D eigenvalue weighted by Gasteiger charge is -2.16. The Morgan fingerprint density at radius 2 is 1.70 bits per heavy atom. The number of alkyl halides is 1. The van der Waals surface area contributed by atoms with Gasteiger partial charge in [-0.2, -0.15) is 0 Å². The van der Waals surface area contributed by atoms with Crippen LogP contribution >= 0.6 is 38.5 Å². The SMILES string of the molecule is COc1ccc(C(CI)OCc2ccc(Br)cc2)cc1. The lowest BCUT2D eigenvalue weighted by atomic mass is 10.1. The zero-order valence-electron chi connectivity index (χ0n) is 11.2. The van der Waals surface area contributed by atoms with Gasteiger partial charge in [0.05, 0.1) is 19.8 Å². The Bertz CT molecular complexity index is 525. The van der Waals surface area contributed by atoms with Gasteiger partial charge in [0.15, 0.2) is 0 Å². The van der Waals surface area contributed by atoms with E-state index in [2.05, 4.69) is 62.8 Å². The van der Waals surface area contributed by atoms with Crippen LogP contribution in [0.15, 0.2) is 53.0 Å². The molecule has 0 bridgehead atoms. The number of hydrogen-bond acceptors (Lipinski definition) is 2. The normalized spacial score (nSPS) is 12.2. The van der Waals surface area contributed by atoms with Crippen LogP contribution in [-0.4, -0.2) is 11.5 Å². The molecule has 0 heterocycles. The lowest BCUT2D eigenvalue weighted by Crippen LogP contribution is -2.06. The monoisotopic (exact) mass is 446 g/mol. The van der Waals surface area contributed by atoms with Gasteiger partial charge in [-0.15, -0.1) is 0 Å². The van der Waals surface area contributed by atoms with Gasteiger partial charge in [0.25, 0.3) is 0 Å². The number of methoxy groups -OCH3 is 1.